The largest absolute Gasteiger partial charge is 0.352 e. The van der Waals surface area contributed by atoms with E-state index in [1.54, 1.807) is 19.3 Å². The Kier molecular flexibility index (Phi) is 8.66. The van der Waals surface area contributed by atoms with Crippen LogP contribution in [0.25, 0.3) is 0 Å². The predicted octanol–water partition coefficient (Wildman–Crippen LogP) is 2.91. The molecule has 0 bridgehead atoms. The summed E-state index contributed by atoms with van der Waals surface area (Å²) in [4.78, 5) is 24.4. The molecule has 9 heteroatoms. The van der Waals surface area contributed by atoms with Crippen LogP contribution < -0.4 is 15.5 Å². The van der Waals surface area contributed by atoms with Gasteiger partial charge in [-0.2, -0.15) is 0 Å². The zero-order chi connectivity index (χ0) is 21.6. The van der Waals surface area contributed by atoms with E-state index < -0.39 is 0 Å². The molecule has 4 rings (SSSR count). The van der Waals surface area contributed by atoms with Crippen molar-refractivity contribution in [2.45, 2.75) is 38.4 Å². The summed E-state index contributed by atoms with van der Waals surface area (Å²) in [7, 11) is 1.75. The van der Waals surface area contributed by atoms with Gasteiger partial charge in [-0.15, -0.1) is 24.0 Å². The minimum absolute atomic E-state index is 0. The van der Waals surface area contributed by atoms with Gasteiger partial charge in [0.05, 0.1) is 0 Å². The summed E-state index contributed by atoms with van der Waals surface area (Å²) in [6.45, 7) is 3.51. The maximum Gasteiger partial charge on any atom is 0.222 e. The fraction of sp³-hybridized carbons (Fsp3) is 0.435. The Morgan fingerprint density at radius 2 is 2.03 bits per heavy atom. The maximum absolute atomic E-state index is 14.0. The molecular weight excluding hydrogens is 522 g/mol. The quantitative estimate of drug-likeness (QED) is 0.328. The van der Waals surface area contributed by atoms with Gasteiger partial charge in [0.15, 0.2) is 17.6 Å². The second-order valence-corrected chi connectivity index (χ2v) is 8.00. The lowest BCUT2D eigenvalue weighted by Crippen LogP contribution is -2.44. The molecule has 0 saturated carbocycles. The number of nitrogens with zero attached hydrogens (tertiary/aromatic N) is 4. The second kappa shape index (κ2) is 11.4. The molecule has 1 aromatic carbocycles. The molecule has 172 valence electrons. The fourth-order valence-corrected chi connectivity index (χ4v) is 4.21. The first-order chi connectivity index (χ1) is 15.1. The summed E-state index contributed by atoms with van der Waals surface area (Å²) in [6.07, 6.45) is 4.09. The van der Waals surface area contributed by atoms with Gasteiger partial charge < -0.3 is 20.4 Å². The Balaban J connectivity index is 0.00000289. The number of guanidine groups is 1. The summed E-state index contributed by atoms with van der Waals surface area (Å²) >= 11 is 0. The van der Waals surface area contributed by atoms with E-state index in [0.29, 0.717) is 37.8 Å². The van der Waals surface area contributed by atoms with Crippen molar-refractivity contribution in [2.75, 3.05) is 31.6 Å². The van der Waals surface area contributed by atoms with Crippen molar-refractivity contribution in [1.82, 2.24) is 20.5 Å². The highest BCUT2D eigenvalue weighted by atomic mass is 127. The van der Waals surface area contributed by atoms with Crippen molar-refractivity contribution >= 4 is 41.7 Å². The minimum atomic E-state index is -0.293. The van der Waals surface area contributed by atoms with E-state index >= 15 is 0 Å². The highest BCUT2D eigenvalue weighted by Gasteiger charge is 2.26. The van der Waals surface area contributed by atoms with Crippen LogP contribution in [-0.4, -0.2) is 54.5 Å². The molecule has 0 spiro atoms. The van der Waals surface area contributed by atoms with Crippen LogP contribution in [0.5, 0.6) is 0 Å². The molecule has 2 aromatic rings. The topological polar surface area (TPSA) is 72.9 Å². The van der Waals surface area contributed by atoms with E-state index in [2.05, 4.69) is 32.7 Å². The third-order valence-electron chi connectivity index (χ3n) is 5.89. The molecule has 2 aliphatic rings. The lowest BCUT2D eigenvalue weighted by Gasteiger charge is -2.21. The Bertz CT molecular complexity index is 956. The summed E-state index contributed by atoms with van der Waals surface area (Å²) < 4.78 is 14.0. The standard InChI is InChI=1S/C23H29FN6O.HI/c1-25-23(28-19-10-13-30(16-19)22-20(24)8-4-11-26-22)27-14-17-6-2-3-7-18(17)15-29-12-5-9-21(29)31;/h2-4,6-8,11,19H,5,9-10,12-16H2,1H3,(H2,25,27,28);1H. The van der Waals surface area contributed by atoms with Crippen molar-refractivity contribution in [1.29, 1.82) is 0 Å². The molecule has 2 saturated heterocycles. The van der Waals surface area contributed by atoms with E-state index in [9.17, 15) is 9.18 Å². The van der Waals surface area contributed by atoms with Gasteiger partial charge in [-0.25, -0.2) is 9.37 Å². The van der Waals surface area contributed by atoms with Crippen LogP contribution in [-0.2, 0) is 17.9 Å². The van der Waals surface area contributed by atoms with Gasteiger partial charge in [-0.05, 0) is 36.1 Å². The van der Waals surface area contributed by atoms with E-state index in [4.69, 9.17) is 0 Å². The van der Waals surface area contributed by atoms with Gasteiger partial charge in [-0.1, -0.05) is 24.3 Å². The van der Waals surface area contributed by atoms with Crippen LogP contribution in [0.15, 0.2) is 47.6 Å². The molecule has 7 nitrogen and oxygen atoms in total. The van der Waals surface area contributed by atoms with E-state index in [1.807, 2.05) is 21.9 Å². The summed E-state index contributed by atoms with van der Waals surface area (Å²) in [6, 6.07) is 11.4. The summed E-state index contributed by atoms with van der Waals surface area (Å²) in [5.74, 6) is 1.05. The molecule has 32 heavy (non-hydrogen) atoms. The van der Waals surface area contributed by atoms with Crippen molar-refractivity contribution in [3.05, 3.63) is 59.5 Å². The summed E-state index contributed by atoms with van der Waals surface area (Å²) in [5.41, 5.74) is 2.30. The second-order valence-electron chi connectivity index (χ2n) is 8.00. The molecular formula is C23H30FIN6O. The smallest absolute Gasteiger partial charge is 0.222 e. The number of benzene rings is 1. The number of aromatic nitrogens is 1. The maximum atomic E-state index is 14.0. The number of nitrogens with one attached hydrogen (secondary N) is 2. The number of amides is 1. The van der Waals surface area contributed by atoms with Crippen molar-refractivity contribution in [3.63, 3.8) is 0 Å². The Hall–Kier alpha value is -2.43. The number of hydrogen-bond acceptors (Lipinski definition) is 4. The van der Waals surface area contributed by atoms with Crippen LogP contribution in [0.1, 0.15) is 30.4 Å². The average Bonchev–Trinajstić information content (AvgIpc) is 3.41. The van der Waals surface area contributed by atoms with Gasteiger partial charge in [0, 0.05) is 58.4 Å². The number of halogens is 2. The number of anilines is 1. The third-order valence-corrected chi connectivity index (χ3v) is 5.89. The first kappa shape index (κ1) is 24.2. The molecule has 2 N–H and O–H groups in total. The van der Waals surface area contributed by atoms with Crippen LogP contribution >= 0.6 is 24.0 Å². The van der Waals surface area contributed by atoms with Gasteiger partial charge in [-0.3, -0.25) is 9.79 Å². The Morgan fingerprint density at radius 1 is 1.22 bits per heavy atom. The molecule has 2 fully saturated rings. The van der Waals surface area contributed by atoms with Crippen molar-refractivity contribution < 1.29 is 9.18 Å². The summed E-state index contributed by atoms with van der Waals surface area (Å²) in [5, 5.41) is 6.82. The van der Waals surface area contributed by atoms with E-state index in [1.165, 1.54) is 6.07 Å². The molecule has 1 unspecified atom stereocenters. The number of aliphatic imine (C=N–C) groups is 1. The Labute approximate surface area is 205 Å². The molecule has 0 aliphatic carbocycles. The lowest BCUT2D eigenvalue weighted by atomic mass is 10.1. The van der Waals surface area contributed by atoms with E-state index in [0.717, 1.165) is 37.1 Å². The van der Waals surface area contributed by atoms with Crippen molar-refractivity contribution in [2.24, 2.45) is 4.99 Å². The van der Waals surface area contributed by atoms with Crippen molar-refractivity contribution in [3.8, 4) is 0 Å². The fourth-order valence-electron chi connectivity index (χ4n) is 4.21. The highest BCUT2D eigenvalue weighted by molar-refractivity contribution is 14.0. The van der Waals surface area contributed by atoms with Crippen LogP contribution in [0.4, 0.5) is 10.2 Å². The van der Waals surface area contributed by atoms with Gasteiger partial charge >= 0.3 is 0 Å². The zero-order valence-corrected chi connectivity index (χ0v) is 20.6. The molecule has 2 aliphatic heterocycles. The minimum Gasteiger partial charge on any atom is -0.352 e. The SMILES string of the molecule is CN=C(NCc1ccccc1CN1CCCC1=O)NC1CCN(c2ncccc2F)C1.I. The normalized spacial score (nSPS) is 18.6. The number of carbonyl (C=O) groups excluding carboxylic acids is 1. The number of carbonyl (C=O) groups is 1. The molecule has 3 heterocycles. The molecule has 1 atom stereocenters. The molecule has 0 radical (unpaired) electrons. The lowest BCUT2D eigenvalue weighted by molar-refractivity contribution is -0.128. The number of likely N-dealkylation sites (tertiary alicyclic amines) is 1. The zero-order valence-electron chi connectivity index (χ0n) is 18.3. The first-order valence-electron chi connectivity index (χ1n) is 10.8. The van der Waals surface area contributed by atoms with Gasteiger partial charge in [0.25, 0.3) is 0 Å². The highest BCUT2D eigenvalue weighted by Crippen LogP contribution is 2.21. The van der Waals surface area contributed by atoms with Gasteiger partial charge in [0.1, 0.15) is 0 Å². The monoisotopic (exact) mass is 552 g/mol. The Morgan fingerprint density at radius 3 is 2.75 bits per heavy atom. The number of hydrogen-bond donors (Lipinski definition) is 2. The number of rotatable bonds is 6. The van der Waals surface area contributed by atoms with Crippen LogP contribution in [0.3, 0.4) is 0 Å². The number of pyridine rings is 1. The third kappa shape index (κ3) is 5.87. The first-order valence-corrected chi connectivity index (χ1v) is 10.8. The average molecular weight is 552 g/mol. The molecule has 1 aromatic heterocycles. The molecule has 1 amide bonds. The van der Waals surface area contributed by atoms with Gasteiger partial charge in [0.2, 0.25) is 5.91 Å². The predicted molar refractivity (Wildman–Crippen MR) is 135 cm³/mol. The van der Waals surface area contributed by atoms with Crippen LogP contribution in [0.2, 0.25) is 0 Å². The van der Waals surface area contributed by atoms with E-state index in [-0.39, 0.29) is 41.7 Å². The van der Waals surface area contributed by atoms with Crippen LogP contribution in [0, 0.1) is 5.82 Å².